The molecule has 1 atom stereocenters. The van der Waals surface area contributed by atoms with Crippen molar-refractivity contribution in [2.45, 2.75) is 70.9 Å². The van der Waals surface area contributed by atoms with E-state index >= 15 is 0 Å². The van der Waals surface area contributed by atoms with Crippen molar-refractivity contribution >= 4 is 36.1 Å². The van der Waals surface area contributed by atoms with Gasteiger partial charge in [0.15, 0.2) is 6.29 Å². The van der Waals surface area contributed by atoms with Gasteiger partial charge in [-0.2, -0.15) is 0 Å². The molecule has 63 heavy (non-hydrogen) atoms. The summed E-state index contributed by atoms with van der Waals surface area (Å²) in [5.41, 5.74) is 0.992. The van der Waals surface area contributed by atoms with Crippen molar-refractivity contribution in [3.8, 4) is 0 Å². The van der Waals surface area contributed by atoms with E-state index in [1.807, 2.05) is 4.90 Å². The lowest BCUT2D eigenvalue weighted by molar-refractivity contribution is -0.134. The molecule has 358 valence electrons. The number of carbonyl (C=O) groups is 5. The minimum atomic E-state index is -0.423. The Balaban J connectivity index is 1.03. The predicted molar refractivity (Wildman–Crippen MR) is 236 cm³/mol. The molecule has 0 spiro atoms. The summed E-state index contributed by atoms with van der Waals surface area (Å²) in [6, 6.07) is 5.38. The van der Waals surface area contributed by atoms with Gasteiger partial charge in [-0.25, -0.2) is 0 Å². The molecule has 1 heterocycles. The van der Waals surface area contributed by atoms with Crippen LogP contribution in [-0.4, -0.2) is 203 Å². The van der Waals surface area contributed by atoms with Gasteiger partial charge in [-0.15, -0.1) is 0 Å². The van der Waals surface area contributed by atoms with Crippen LogP contribution >= 0.6 is 0 Å². The van der Waals surface area contributed by atoms with Gasteiger partial charge in [0.25, 0.3) is 5.91 Å². The molecule has 1 saturated carbocycles. The van der Waals surface area contributed by atoms with Crippen molar-refractivity contribution in [1.29, 1.82) is 0 Å². The molecule has 1 aromatic rings. The summed E-state index contributed by atoms with van der Waals surface area (Å²) in [5.74, 6) is 0.253. The number of ether oxygens (including phenoxy) is 8. The van der Waals surface area contributed by atoms with Crippen LogP contribution in [0, 0.1) is 5.92 Å². The van der Waals surface area contributed by atoms with Gasteiger partial charge in [-0.3, -0.25) is 34.2 Å². The molecule has 2 N–H and O–H groups in total. The zero-order chi connectivity index (χ0) is 45.3. The third-order valence-corrected chi connectivity index (χ3v) is 11.2. The van der Waals surface area contributed by atoms with Crippen molar-refractivity contribution in [2.75, 3.05) is 151 Å². The van der Waals surface area contributed by atoms with E-state index in [2.05, 4.69) is 22.5 Å². The molecular weight excluding hydrogens is 819 g/mol. The van der Waals surface area contributed by atoms with Crippen LogP contribution in [0.4, 0.5) is 5.69 Å². The van der Waals surface area contributed by atoms with E-state index in [1.54, 1.807) is 32.2 Å². The van der Waals surface area contributed by atoms with Crippen LogP contribution in [0.1, 0.15) is 79.5 Å². The van der Waals surface area contributed by atoms with Gasteiger partial charge in [0, 0.05) is 69.5 Å². The van der Waals surface area contributed by atoms with Gasteiger partial charge < -0.3 is 53.0 Å². The van der Waals surface area contributed by atoms with E-state index < -0.39 is 5.91 Å². The van der Waals surface area contributed by atoms with E-state index in [1.165, 1.54) is 30.6 Å². The number of nitrogens with one attached hydrogen (secondary N) is 2. The van der Waals surface area contributed by atoms with Crippen LogP contribution in [-0.2, 0) is 52.3 Å². The SMILES string of the molecule is CC1CCC(N2CCN(C(=O)CCOCCOCCOCCOCCOCCOCCOCCOCCNc3cccc(C=O)c3C(=O)N(C)C(C)CCC(=O)NC=O)CC2)CC1. The lowest BCUT2D eigenvalue weighted by Crippen LogP contribution is -2.52. The molecule has 2 fully saturated rings. The first-order valence-corrected chi connectivity index (χ1v) is 22.7. The largest absolute Gasteiger partial charge is 0.382 e. The van der Waals surface area contributed by atoms with Crippen LogP contribution in [0.2, 0.25) is 0 Å². The molecule has 4 amide bonds. The number of amides is 4. The number of anilines is 1. The van der Waals surface area contributed by atoms with Crippen molar-refractivity contribution in [1.82, 2.24) is 20.0 Å². The summed E-state index contributed by atoms with van der Waals surface area (Å²) in [4.78, 5) is 65.9. The lowest BCUT2D eigenvalue weighted by atomic mass is 9.86. The fourth-order valence-corrected chi connectivity index (χ4v) is 7.26. The quantitative estimate of drug-likeness (QED) is 0.0738. The van der Waals surface area contributed by atoms with Crippen LogP contribution in [0.5, 0.6) is 0 Å². The molecule has 1 saturated heterocycles. The van der Waals surface area contributed by atoms with Gasteiger partial charge in [0.05, 0.1) is 118 Å². The van der Waals surface area contributed by atoms with Crippen molar-refractivity contribution in [3.05, 3.63) is 29.3 Å². The van der Waals surface area contributed by atoms with E-state index in [0.29, 0.717) is 150 Å². The number of rotatable bonds is 36. The number of hydrogen-bond acceptors (Lipinski definition) is 15. The molecule has 1 aromatic carbocycles. The average molecular weight is 894 g/mol. The summed E-state index contributed by atoms with van der Waals surface area (Å²) in [6.45, 7) is 15.1. The summed E-state index contributed by atoms with van der Waals surface area (Å²) >= 11 is 0. The number of benzene rings is 1. The molecule has 1 aliphatic carbocycles. The van der Waals surface area contributed by atoms with E-state index in [0.717, 1.165) is 32.1 Å². The van der Waals surface area contributed by atoms with Crippen LogP contribution in [0.25, 0.3) is 0 Å². The Labute approximate surface area is 374 Å². The highest BCUT2D eigenvalue weighted by molar-refractivity contribution is 6.06. The Morgan fingerprint density at radius 3 is 1.68 bits per heavy atom. The maximum Gasteiger partial charge on any atom is 0.256 e. The number of aldehydes is 1. The highest BCUT2D eigenvalue weighted by atomic mass is 16.6. The monoisotopic (exact) mass is 894 g/mol. The zero-order valence-electron chi connectivity index (χ0n) is 38.1. The number of nitrogens with zero attached hydrogens (tertiary/aromatic N) is 3. The number of piperazine rings is 1. The fraction of sp³-hybridized carbons (Fsp3) is 0.756. The summed E-state index contributed by atoms with van der Waals surface area (Å²) in [5, 5.41) is 5.26. The number of carbonyl (C=O) groups excluding carboxylic acids is 5. The molecule has 18 nitrogen and oxygen atoms in total. The van der Waals surface area contributed by atoms with Crippen LogP contribution < -0.4 is 10.6 Å². The third-order valence-electron chi connectivity index (χ3n) is 11.2. The van der Waals surface area contributed by atoms with Crippen molar-refractivity contribution in [3.63, 3.8) is 0 Å². The maximum absolute atomic E-state index is 13.3. The molecule has 2 aliphatic rings. The molecule has 0 aromatic heterocycles. The molecule has 0 bridgehead atoms. The molecule has 0 radical (unpaired) electrons. The van der Waals surface area contributed by atoms with Crippen molar-refractivity contribution < 1.29 is 61.9 Å². The zero-order valence-corrected chi connectivity index (χ0v) is 38.1. The first-order valence-electron chi connectivity index (χ1n) is 22.7. The highest BCUT2D eigenvalue weighted by Crippen LogP contribution is 2.28. The second-order valence-corrected chi connectivity index (χ2v) is 15.8. The third kappa shape index (κ3) is 22.7. The molecule has 1 unspecified atom stereocenters. The fourth-order valence-electron chi connectivity index (χ4n) is 7.26. The average Bonchev–Trinajstić information content (AvgIpc) is 3.30. The number of imide groups is 1. The van der Waals surface area contributed by atoms with Gasteiger partial charge in [0.2, 0.25) is 18.2 Å². The van der Waals surface area contributed by atoms with Gasteiger partial charge >= 0.3 is 0 Å². The molecule has 1 aliphatic heterocycles. The van der Waals surface area contributed by atoms with E-state index in [9.17, 15) is 24.0 Å². The molecule has 3 rings (SSSR count). The minimum absolute atomic E-state index is 0.0820. The normalized spacial score (nSPS) is 17.3. The maximum atomic E-state index is 13.3. The molecule has 18 heteroatoms. The highest BCUT2D eigenvalue weighted by Gasteiger charge is 2.28. The van der Waals surface area contributed by atoms with Crippen LogP contribution in [0.3, 0.4) is 0 Å². The predicted octanol–water partition coefficient (Wildman–Crippen LogP) is 2.67. The van der Waals surface area contributed by atoms with Crippen molar-refractivity contribution in [2.24, 2.45) is 5.92 Å². The Bertz CT molecular complexity index is 1430. The summed E-state index contributed by atoms with van der Waals surface area (Å²) < 4.78 is 44.5. The summed E-state index contributed by atoms with van der Waals surface area (Å²) in [6.07, 6.45) is 7.05. The first-order chi connectivity index (χ1) is 30.7. The van der Waals surface area contributed by atoms with Crippen LogP contribution in [0.15, 0.2) is 18.2 Å². The van der Waals surface area contributed by atoms with E-state index in [-0.39, 0.29) is 35.4 Å². The Hall–Kier alpha value is -3.59. The number of hydrogen-bond donors (Lipinski definition) is 2. The Kier molecular flexibility index (Phi) is 28.9. The molecular formula is C45H75N5O13. The standard InChI is InChI=1S/C45H75N5O13/c1-37-7-10-40(11-8-37)49-15-17-50(18-16-49)43(54)13-19-56-21-23-58-25-27-60-29-31-62-33-34-63-32-30-61-28-26-59-24-22-57-20-14-46-41-6-4-5-39(35-51)44(41)45(55)48(3)38(2)9-12-42(53)47-36-52/h4-6,35-38,40,46H,7-34H2,1-3H3,(H,47,52,53). The van der Waals surface area contributed by atoms with Gasteiger partial charge in [-0.05, 0) is 51.0 Å². The minimum Gasteiger partial charge on any atom is -0.382 e. The Morgan fingerprint density at radius 1 is 0.698 bits per heavy atom. The van der Waals surface area contributed by atoms with Gasteiger partial charge in [-0.1, -0.05) is 19.1 Å². The van der Waals surface area contributed by atoms with E-state index in [4.69, 9.17) is 37.9 Å². The smallest absolute Gasteiger partial charge is 0.256 e. The lowest BCUT2D eigenvalue weighted by Gasteiger charge is -2.41. The second kappa shape index (κ2) is 33.9. The Morgan fingerprint density at radius 2 is 1.19 bits per heavy atom. The first kappa shape index (κ1) is 53.7. The second-order valence-electron chi connectivity index (χ2n) is 15.8. The summed E-state index contributed by atoms with van der Waals surface area (Å²) in [7, 11) is 1.61. The topological polar surface area (TPSA) is 193 Å². The van der Waals surface area contributed by atoms with Gasteiger partial charge in [0.1, 0.15) is 0 Å².